The Bertz CT molecular complexity index is 841. The van der Waals surface area contributed by atoms with Crippen LogP contribution in [0.25, 0.3) is 11.3 Å². The summed E-state index contributed by atoms with van der Waals surface area (Å²) in [6, 6.07) is 7.99. The van der Waals surface area contributed by atoms with Crippen molar-refractivity contribution < 1.29 is 4.79 Å². The summed E-state index contributed by atoms with van der Waals surface area (Å²) in [7, 11) is 0. The van der Waals surface area contributed by atoms with Crippen LogP contribution in [0, 0.1) is 0 Å². The summed E-state index contributed by atoms with van der Waals surface area (Å²) in [5, 5.41) is 3.28. The molecule has 0 radical (unpaired) electrons. The van der Waals surface area contributed by atoms with Crippen molar-refractivity contribution in [3.05, 3.63) is 54.0 Å². The van der Waals surface area contributed by atoms with Crippen LogP contribution in [0.1, 0.15) is 35.2 Å². The van der Waals surface area contributed by atoms with Gasteiger partial charge in [-0.3, -0.25) is 19.1 Å². The van der Waals surface area contributed by atoms with Gasteiger partial charge in [-0.1, -0.05) is 0 Å². The molecule has 0 aromatic carbocycles. The molecule has 0 spiro atoms. The molecule has 4 aliphatic rings. The number of rotatable bonds is 3. The minimum atomic E-state index is -0.216. The van der Waals surface area contributed by atoms with Crippen molar-refractivity contribution in [3.63, 3.8) is 0 Å². The fraction of sp³-hybridized carbons (Fsp3) is 0.294. The molecule has 0 atom stereocenters. The average molecular weight is 292 g/mol. The second kappa shape index (κ2) is 4.00. The van der Waals surface area contributed by atoms with E-state index in [9.17, 15) is 4.79 Å². The highest BCUT2D eigenvalue weighted by Gasteiger charge is 2.41. The second-order valence-corrected chi connectivity index (χ2v) is 6.28. The van der Waals surface area contributed by atoms with Crippen molar-refractivity contribution >= 4 is 5.91 Å². The molecule has 0 saturated heterocycles. The molecule has 1 N–H and O–H groups in total. The molecule has 5 rings (SSSR count). The topological polar surface area (TPSA) is 51.9 Å². The lowest BCUT2D eigenvalue weighted by atomic mass is 9.72. The summed E-state index contributed by atoms with van der Waals surface area (Å²) < 4.78 is 4.28. The zero-order valence-corrected chi connectivity index (χ0v) is 12.1. The van der Waals surface area contributed by atoms with E-state index in [1.165, 1.54) is 0 Å². The van der Waals surface area contributed by atoms with Crippen molar-refractivity contribution in [2.45, 2.75) is 31.5 Å². The van der Waals surface area contributed by atoms with E-state index in [4.69, 9.17) is 0 Å². The van der Waals surface area contributed by atoms with Gasteiger partial charge in [-0.2, -0.15) is 0 Å². The molecule has 3 heterocycles. The number of carbonyl (C=O) groups is 1. The third-order valence-electron chi connectivity index (χ3n) is 5.07. The Morgan fingerprint density at radius 2 is 2.00 bits per heavy atom. The first-order valence-electron chi connectivity index (χ1n) is 7.69. The van der Waals surface area contributed by atoms with Gasteiger partial charge < -0.3 is 5.32 Å². The van der Waals surface area contributed by atoms with Crippen LogP contribution in [0.4, 0.5) is 0 Å². The Balaban J connectivity index is 1.46. The quantitative estimate of drug-likeness (QED) is 0.630. The van der Waals surface area contributed by atoms with E-state index in [0.29, 0.717) is 0 Å². The maximum absolute atomic E-state index is 12.8. The van der Waals surface area contributed by atoms with Crippen LogP contribution in [0.2, 0.25) is 0 Å². The van der Waals surface area contributed by atoms with Crippen molar-refractivity contribution in [3.8, 4) is 11.3 Å². The maximum atomic E-state index is 12.8. The number of pyridine rings is 1. The first-order valence-corrected chi connectivity index (χ1v) is 7.69. The van der Waals surface area contributed by atoms with Crippen LogP contribution in [0.15, 0.2) is 42.9 Å². The van der Waals surface area contributed by atoms with Gasteiger partial charge in [0.05, 0.1) is 16.8 Å². The standard InChI is InChI=1S/C17H16N4O/c22-16(13-2-3-15-14(13)10-20-11-21(15)20)19-17(6-1-7-17)12-4-8-18-9-5-12/h2-5,8-10H,1,6-7,11H2,(H,19,22). The van der Waals surface area contributed by atoms with E-state index in [1.54, 1.807) is 12.4 Å². The Morgan fingerprint density at radius 3 is 2.73 bits per heavy atom. The minimum Gasteiger partial charge on any atom is -0.343 e. The van der Waals surface area contributed by atoms with Crippen LogP contribution < -0.4 is 5.32 Å². The van der Waals surface area contributed by atoms with Gasteiger partial charge in [0.2, 0.25) is 0 Å². The van der Waals surface area contributed by atoms with Crippen LogP contribution >= 0.6 is 0 Å². The third kappa shape index (κ3) is 1.53. The van der Waals surface area contributed by atoms with Gasteiger partial charge in [-0.25, -0.2) is 0 Å². The monoisotopic (exact) mass is 292 g/mol. The smallest absolute Gasteiger partial charge is 0.252 e. The van der Waals surface area contributed by atoms with Crippen molar-refractivity contribution in [1.29, 1.82) is 0 Å². The average Bonchev–Trinajstić information content (AvgIpc) is 2.99. The third-order valence-corrected chi connectivity index (χ3v) is 5.07. The van der Waals surface area contributed by atoms with Gasteiger partial charge in [-0.05, 0) is 49.1 Å². The molecular formula is C17H16N4O. The number of nitrogens with one attached hydrogen (secondary N) is 1. The van der Waals surface area contributed by atoms with E-state index in [2.05, 4.69) is 25.9 Å². The number of aromatic nitrogens is 3. The SMILES string of the molecule is O=C(NC1(c2ccncc2)CCC1)c1ccc2n3n(cc1-2)C3. The Morgan fingerprint density at radius 1 is 1.18 bits per heavy atom. The molecular weight excluding hydrogens is 276 g/mol. The molecule has 1 aromatic heterocycles. The first-order chi connectivity index (χ1) is 10.8. The van der Waals surface area contributed by atoms with E-state index in [0.717, 1.165) is 48.3 Å². The fourth-order valence-electron chi connectivity index (χ4n) is 3.59. The fourth-order valence-corrected chi connectivity index (χ4v) is 3.59. The lowest BCUT2D eigenvalue weighted by Gasteiger charge is -2.43. The predicted molar refractivity (Wildman–Crippen MR) is 81.7 cm³/mol. The summed E-state index contributed by atoms with van der Waals surface area (Å²) in [6.45, 7) is 0.943. The summed E-state index contributed by atoms with van der Waals surface area (Å²) in [5.74, 6) is 0.0257. The van der Waals surface area contributed by atoms with Gasteiger partial charge in [0.25, 0.3) is 5.91 Å². The lowest BCUT2D eigenvalue weighted by molar-refractivity contribution is 0.0824. The van der Waals surface area contributed by atoms with Crippen LogP contribution in [-0.2, 0) is 12.2 Å². The highest BCUT2D eigenvalue weighted by Crippen LogP contribution is 2.42. The second-order valence-electron chi connectivity index (χ2n) is 6.28. The van der Waals surface area contributed by atoms with Gasteiger partial charge >= 0.3 is 0 Å². The largest absolute Gasteiger partial charge is 0.343 e. The van der Waals surface area contributed by atoms with Crippen LogP contribution in [0.5, 0.6) is 0 Å². The van der Waals surface area contributed by atoms with Crippen molar-refractivity contribution in [2.75, 3.05) is 0 Å². The van der Waals surface area contributed by atoms with Crippen molar-refractivity contribution in [2.24, 2.45) is 0 Å². The molecule has 5 nitrogen and oxygen atoms in total. The summed E-state index contributed by atoms with van der Waals surface area (Å²) >= 11 is 0. The van der Waals surface area contributed by atoms with Crippen LogP contribution in [-0.4, -0.2) is 20.3 Å². The molecule has 2 aliphatic carbocycles. The van der Waals surface area contributed by atoms with E-state index in [1.807, 2.05) is 24.3 Å². The molecule has 1 aromatic rings. The highest BCUT2D eigenvalue weighted by molar-refractivity contribution is 6.02. The number of hydrogen-bond donors (Lipinski definition) is 1. The predicted octanol–water partition coefficient (Wildman–Crippen LogP) is 2.42. The van der Waals surface area contributed by atoms with Gasteiger partial charge in [-0.15, -0.1) is 0 Å². The summed E-state index contributed by atoms with van der Waals surface area (Å²) in [6.07, 6.45) is 8.79. The summed E-state index contributed by atoms with van der Waals surface area (Å²) in [4.78, 5) is 16.9. The van der Waals surface area contributed by atoms with Crippen LogP contribution in [0.3, 0.4) is 0 Å². The normalized spacial score (nSPS) is 17.8. The molecule has 1 amide bonds. The number of nitrogens with zero attached hydrogens (tertiary/aromatic N) is 3. The zero-order valence-electron chi connectivity index (χ0n) is 12.1. The van der Waals surface area contributed by atoms with E-state index in [-0.39, 0.29) is 11.4 Å². The maximum Gasteiger partial charge on any atom is 0.252 e. The molecule has 1 saturated carbocycles. The Hall–Kier alpha value is -2.56. The molecule has 110 valence electrons. The number of carbonyl (C=O) groups excluding carboxylic acids is 1. The van der Waals surface area contributed by atoms with Gasteiger partial charge in [0.1, 0.15) is 6.67 Å². The molecule has 5 heteroatoms. The van der Waals surface area contributed by atoms with Crippen molar-refractivity contribution in [1.82, 2.24) is 19.7 Å². The zero-order chi connectivity index (χ0) is 14.7. The van der Waals surface area contributed by atoms with E-state index < -0.39 is 0 Å². The minimum absolute atomic E-state index is 0.0257. The number of hydrogen-bond acceptors (Lipinski definition) is 2. The molecule has 2 aliphatic heterocycles. The Labute approximate surface area is 127 Å². The summed E-state index contributed by atoms with van der Waals surface area (Å²) in [5.41, 5.74) is 3.92. The lowest BCUT2D eigenvalue weighted by Crippen LogP contribution is -2.50. The Kier molecular flexibility index (Phi) is 2.19. The molecule has 0 bridgehead atoms. The number of amides is 1. The van der Waals surface area contributed by atoms with E-state index >= 15 is 0 Å². The molecule has 22 heavy (non-hydrogen) atoms. The van der Waals surface area contributed by atoms with Gasteiger partial charge in [0.15, 0.2) is 0 Å². The highest BCUT2D eigenvalue weighted by atomic mass is 16.1. The van der Waals surface area contributed by atoms with Gasteiger partial charge in [0, 0.05) is 24.2 Å². The first kappa shape index (κ1) is 12.0. The molecule has 0 unspecified atom stereocenters. The molecule has 1 fully saturated rings. The number of fused-ring (bicyclic) bond motifs is 3.